The monoisotopic (exact) mass is 287 g/mol. The minimum atomic E-state index is -4.26. The van der Waals surface area contributed by atoms with E-state index in [1.165, 1.54) is 12.1 Å². The fourth-order valence-corrected chi connectivity index (χ4v) is 2.46. The molecule has 1 nitrogen and oxygen atoms in total. The molecule has 1 aromatic carbocycles. The van der Waals surface area contributed by atoms with Crippen LogP contribution in [0.2, 0.25) is 0 Å². The van der Waals surface area contributed by atoms with Crippen LogP contribution < -0.4 is 5.32 Å². The Kier molecular flexibility index (Phi) is 5.25. The maximum Gasteiger partial charge on any atom is 0.416 e. The maximum absolute atomic E-state index is 12.6. The Labute approximate surface area is 119 Å². The molecule has 1 unspecified atom stereocenters. The lowest BCUT2D eigenvalue weighted by Crippen LogP contribution is -2.38. The average Bonchev–Trinajstić information content (AvgIpc) is 2.28. The summed E-state index contributed by atoms with van der Waals surface area (Å²) in [5.41, 5.74) is 1.26. The molecular formula is C16H24F3N. The van der Waals surface area contributed by atoms with Gasteiger partial charge in [0, 0.05) is 6.04 Å². The zero-order valence-corrected chi connectivity index (χ0v) is 12.9. The van der Waals surface area contributed by atoms with Crippen LogP contribution in [0.15, 0.2) is 18.2 Å². The topological polar surface area (TPSA) is 12.0 Å². The Hall–Kier alpha value is -1.03. The number of halogens is 3. The number of benzene rings is 1. The van der Waals surface area contributed by atoms with Crippen molar-refractivity contribution in [1.82, 2.24) is 5.32 Å². The predicted molar refractivity (Wildman–Crippen MR) is 76.8 cm³/mol. The lowest BCUT2D eigenvalue weighted by molar-refractivity contribution is -0.137. The van der Waals surface area contributed by atoms with Crippen LogP contribution in [0.1, 0.15) is 43.9 Å². The highest BCUT2D eigenvalue weighted by molar-refractivity contribution is 5.32. The van der Waals surface area contributed by atoms with Gasteiger partial charge in [-0.1, -0.05) is 26.8 Å². The number of rotatable bonds is 4. The molecule has 1 N–H and O–H groups in total. The molecule has 20 heavy (non-hydrogen) atoms. The van der Waals surface area contributed by atoms with Gasteiger partial charge in [0.25, 0.3) is 0 Å². The Bertz CT molecular complexity index is 444. The minimum absolute atomic E-state index is 0.133. The number of aryl methyl sites for hydroxylation is 2. The predicted octanol–water partition coefficient (Wildman–Crippen LogP) is 4.58. The van der Waals surface area contributed by atoms with Gasteiger partial charge in [-0.2, -0.15) is 13.2 Å². The summed E-state index contributed by atoms with van der Waals surface area (Å²) in [5, 5.41) is 3.29. The van der Waals surface area contributed by atoms with Crippen molar-refractivity contribution < 1.29 is 13.2 Å². The van der Waals surface area contributed by atoms with Crippen LogP contribution >= 0.6 is 0 Å². The van der Waals surface area contributed by atoms with Crippen molar-refractivity contribution in [3.8, 4) is 0 Å². The Morgan fingerprint density at radius 3 is 2.15 bits per heavy atom. The van der Waals surface area contributed by atoms with E-state index in [1.807, 2.05) is 7.05 Å². The molecule has 0 spiro atoms. The van der Waals surface area contributed by atoms with Crippen LogP contribution in [0.4, 0.5) is 13.2 Å². The van der Waals surface area contributed by atoms with E-state index in [0.29, 0.717) is 11.6 Å². The van der Waals surface area contributed by atoms with E-state index < -0.39 is 11.7 Å². The first-order valence-corrected chi connectivity index (χ1v) is 6.89. The van der Waals surface area contributed by atoms with Crippen molar-refractivity contribution in [2.45, 2.75) is 52.8 Å². The third kappa shape index (κ3) is 4.51. The fourth-order valence-electron chi connectivity index (χ4n) is 2.46. The molecule has 0 heterocycles. The molecule has 0 aliphatic rings. The molecule has 0 bridgehead atoms. The Morgan fingerprint density at radius 1 is 1.15 bits per heavy atom. The highest BCUT2D eigenvalue weighted by Gasteiger charge is 2.30. The number of hydrogen-bond donors (Lipinski definition) is 1. The summed E-state index contributed by atoms with van der Waals surface area (Å²) in [6, 6.07) is 4.35. The zero-order chi connectivity index (χ0) is 15.6. The van der Waals surface area contributed by atoms with Crippen LogP contribution in [-0.2, 0) is 12.6 Å². The van der Waals surface area contributed by atoms with Gasteiger partial charge in [-0.3, -0.25) is 0 Å². The molecule has 0 aliphatic heterocycles. The van der Waals surface area contributed by atoms with E-state index in [2.05, 4.69) is 26.1 Å². The average molecular weight is 287 g/mol. The molecule has 0 fully saturated rings. The lowest BCUT2D eigenvalue weighted by atomic mass is 9.83. The first-order chi connectivity index (χ1) is 9.05. The van der Waals surface area contributed by atoms with Crippen molar-refractivity contribution >= 4 is 0 Å². The smallest absolute Gasteiger partial charge is 0.316 e. The zero-order valence-electron chi connectivity index (χ0n) is 12.9. The van der Waals surface area contributed by atoms with Gasteiger partial charge < -0.3 is 5.32 Å². The molecule has 1 rings (SSSR count). The summed E-state index contributed by atoms with van der Waals surface area (Å²) in [4.78, 5) is 0. The molecule has 0 saturated carbocycles. The third-order valence-electron chi connectivity index (χ3n) is 3.77. The summed E-state index contributed by atoms with van der Waals surface area (Å²) in [7, 11) is 1.93. The van der Waals surface area contributed by atoms with Gasteiger partial charge in [0.05, 0.1) is 5.56 Å². The third-order valence-corrected chi connectivity index (χ3v) is 3.77. The lowest BCUT2D eigenvalue weighted by Gasteiger charge is -2.30. The van der Waals surface area contributed by atoms with E-state index in [1.54, 1.807) is 13.0 Å². The summed E-state index contributed by atoms with van der Waals surface area (Å²) in [5.74, 6) is 0. The van der Waals surface area contributed by atoms with Crippen LogP contribution in [0.3, 0.4) is 0 Å². The van der Waals surface area contributed by atoms with Crippen LogP contribution in [-0.4, -0.2) is 13.1 Å². The summed E-state index contributed by atoms with van der Waals surface area (Å²) in [6.07, 6.45) is -2.57. The summed E-state index contributed by atoms with van der Waals surface area (Å²) < 4.78 is 37.8. The normalized spacial score (nSPS) is 14.4. The Balaban J connectivity index is 2.80. The van der Waals surface area contributed by atoms with Crippen molar-refractivity contribution in [2.75, 3.05) is 7.05 Å². The highest BCUT2D eigenvalue weighted by atomic mass is 19.4. The second kappa shape index (κ2) is 6.17. The molecule has 0 radical (unpaired) electrons. The molecule has 0 amide bonds. The summed E-state index contributed by atoms with van der Waals surface area (Å²) >= 11 is 0. The van der Waals surface area contributed by atoms with Crippen molar-refractivity contribution in [1.29, 1.82) is 0 Å². The minimum Gasteiger partial charge on any atom is -0.316 e. The van der Waals surface area contributed by atoms with Gasteiger partial charge in [-0.25, -0.2) is 0 Å². The molecule has 0 aromatic heterocycles. The highest BCUT2D eigenvalue weighted by Crippen LogP contribution is 2.31. The molecule has 0 saturated heterocycles. The first kappa shape index (κ1) is 17.0. The van der Waals surface area contributed by atoms with E-state index in [4.69, 9.17) is 0 Å². The molecule has 1 aromatic rings. The largest absolute Gasteiger partial charge is 0.416 e. The van der Waals surface area contributed by atoms with Crippen molar-refractivity contribution in [2.24, 2.45) is 5.41 Å². The van der Waals surface area contributed by atoms with Gasteiger partial charge in [-0.15, -0.1) is 0 Å². The first-order valence-electron chi connectivity index (χ1n) is 6.89. The SMILES string of the molecule is CNC(CCc1ccc(C(F)(F)F)cc1C)C(C)(C)C. The maximum atomic E-state index is 12.6. The van der Waals surface area contributed by atoms with Gasteiger partial charge in [-0.05, 0) is 55.5 Å². The van der Waals surface area contributed by atoms with E-state index >= 15 is 0 Å². The van der Waals surface area contributed by atoms with Crippen LogP contribution in [0, 0.1) is 12.3 Å². The van der Waals surface area contributed by atoms with Gasteiger partial charge in [0.1, 0.15) is 0 Å². The van der Waals surface area contributed by atoms with Crippen LogP contribution in [0.25, 0.3) is 0 Å². The van der Waals surface area contributed by atoms with E-state index in [9.17, 15) is 13.2 Å². The van der Waals surface area contributed by atoms with Crippen molar-refractivity contribution in [3.63, 3.8) is 0 Å². The second-order valence-corrected chi connectivity index (χ2v) is 6.38. The molecule has 114 valence electrons. The van der Waals surface area contributed by atoms with Crippen LogP contribution in [0.5, 0.6) is 0 Å². The molecule has 1 atom stereocenters. The molecular weight excluding hydrogens is 263 g/mol. The number of nitrogens with one attached hydrogen (secondary N) is 1. The van der Waals surface area contributed by atoms with Gasteiger partial charge in [0.15, 0.2) is 0 Å². The Morgan fingerprint density at radius 2 is 1.75 bits per heavy atom. The summed E-state index contributed by atoms with van der Waals surface area (Å²) in [6.45, 7) is 8.23. The standard InChI is InChI=1S/C16H24F3N/c1-11-10-13(16(17,18)19)8-6-12(11)7-9-14(20-5)15(2,3)4/h6,8,10,14,20H,7,9H2,1-5H3. The molecule has 0 aliphatic carbocycles. The number of alkyl halides is 3. The fraction of sp³-hybridized carbons (Fsp3) is 0.625. The van der Waals surface area contributed by atoms with Gasteiger partial charge >= 0.3 is 6.18 Å². The van der Waals surface area contributed by atoms with E-state index in [-0.39, 0.29) is 5.41 Å². The molecule has 4 heteroatoms. The second-order valence-electron chi connectivity index (χ2n) is 6.38. The van der Waals surface area contributed by atoms with Gasteiger partial charge in [0.2, 0.25) is 0 Å². The van der Waals surface area contributed by atoms with E-state index in [0.717, 1.165) is 18.4 Å². The quantitative estimate of drug-likeness (QED) is 0.854. The van der Waals surface area contributed by atoms with Crippen molar-refractivity contribution in [3.05, 3.63) is 34.9 Å². The number of hydrogen-bond acceptors (Lipinski definition) is 1.